The molecule has 0 N–H and O–H groups in total. The van der Waals surface area contributed by atoms with E-state index in [2.05, 4.69) is 15.3 Å². The zero-order chi connectivity index (χ0) is 9.54. The van der Waals surface area contributed by atoms with E-state index in [0.29, 0.717) is 5.02 Å². The lowest BCUT2D eigenvalue weighted by molar-refractivity contribution is 0.943. The predicted octanol–water partition coefficient (Wildman–Crippen LogP) is 1.93. The third kappa shape index (κ3) is 0.975. The van der Waals surface area contributed by atoms with Crippen LogP contribution in [0.25, 0.3) is 16.7 Å². The summed E-state index contributed by atoms with van der Waals surface area (Å²) < 4.78 is 1.73. The highest BCUT2D eigenvalue weighted by atomic mass is 35.5. The van der Waals surface area contributed by atoms with Gasteiger partial charge in [-0.05, 0) is 18.2 Å². The minimum atomic E-state index is 0.651. The summed E-state index contributed by atoms with van der Waals surface area (Å²) in [5, 5.41) is 12.8. The molecule has 0 aliphatic carbocycles. The Kier molecular flexibility index (Phi) is 1.46. The van der Waals surface area contributed by atoms with Crippen LogP contribution in [0.2, 0.25) is 5.02 Å². The fraction of sp³-hybridized carbons (Fsp3) is 0. The van der Waals surface area contributed by atoms with Crippen LogP contribution in [0.1, 0.15) is 0 Å². The van der Waals surface area contributed by atoms with Crippen LogP contribution in [-0.2, 0) is 0 Å². The lowest BCUT2D eigenvalue weighted by Crippen LogP contribution is -1.95. The molecule has 0 fully saturated rings. The van der Waals surface area contributed by atoms with E-state index in [0.717, 1.165) is 16.7 Å². The summed E-state index contributed by atoms with van der Waals surface area (Å²) >= 11 is 5.85. The predicted molar refractivity (Wildman–Crippen MR) is 53.3 cm³/mol. The van der Waals surface area contributed by atoms with E-state index in [1.807, 2.05) is 12.1 Å². The molecule has 0 unspecified atom stereocenters. The van der Waals surface area contributed by atoms with Crippen LogP contribution in [0.4, 0.5) is 0 Å². The Morgan fingerprint density at radius 1 is 1.14 bits per heavy atom. The SMILES string of the molecule is Clc1ccc2c(c1)nnc1ccnn12. The Hall–Kier alpha value is -1.68. The number of hydrogen-bond acceptors (Lipinski definition) is 3. The summed E-state index contributed by atoms with van der Waals surface area (Å²) in [6, 6.07) is 7.27. The van der Waals surface area contributed by atoms with Crippen molar-refractivity contribution >= 4 is 28.3 Å². The Morgan fingerprint density at radius 2 is 2.07 bits per heavy atom. The lowest BCUT2D eigenvalue weighted by atomic mass is 10.3. The minimum absolute atomic E-state index is 0.651. The molecule has 0 radical (unpaired) electrons. The Morgan fingerprint density at radius 3 is 3.00 bits per heavy atom. The van der Waals surface area contributed by atoms with Crippen LogP contribution in [-0.4, -0.2) is 19.8 Å². The normalized spacial score (nSPS) is 11.2. The number of fused-ring (bicyclic) bond motifs is 3. The van der Waals surface area contributed by atoms with Gasteiger partial charge in [-0.2, -0.15) is 5.10 Å². The molecular weight excluding hydrogens is 200 g/mol. The molecule has 0 saturated heterocycles. The highest BCUT2D eigenvalue weighted by Gasteiger charge is 2.02. The van der Waals surface area contributed by atoms with Gasteiger partial charge in [0, 0.05) is 11.1 Å². The maximum absolute atomic E-state index is 5.85. The molecule has 0 aliphatic rings. The fourth-order valence-corrected chi connectivity index (χ4v) is 1.58. The van der Waals surface area contributed by atoms with Gasteiger partial charge in [0.05, 0.1) is 11.7 Å². The molecule has 2 heterocycles. The summed E-state index contributed by atoms with van der Waals surface area (Å²) in [6.07, 6.45) is 1.69. The number of benzene rings is 1. The molecule has 0 saturated carbocycles. The zero-order valence-corrected chi connectivity index (χ0v) is 7.81. The van der Waals surface area contributed by atoms with Crippen LogP contribution in [0.15, 0.2) is 30.5 Å². The van der Waals surface area contributed by atoms with Gasteiger partial charge in [-0.3, -0.25) is 0 Å². The van der Waals surface area contributed by atoms with Crippen LogP contribution < -0.4 is 0 Å². The Bertz CT molecular complexity index is 616. The largest absolute Gasteiger partial charge is 0.211 e. The highest BCUT2D eigenvalue weighted by Crippen LogP contribution is 2.16. The van der Waals surface area contributed by atoms with Gasteiger partial charge in [0.25, 0.3) is 0 Å². The first-order valence-corrected chi connectivity index (χ1v) is 4.48. The van der Waals surface area contributed by atoms with Crippen molar-refractivity contribution < 1.29 is 0 Å². The number of halogens is 1. The quantitative estimate of drug-likeness (QED) is 0.562. The van der Waals surface area contributed by atoms with Crippen LogP contribution in [0.5, 0.6) is 0 Å². The van der Waals surface area contributed by atoms with E-state index < -0.39 is 0 Å². The molecule has 3 rings (SSSR count). The molecule has 0 bridgehead atoms. The van der Waals surface area contributed by atoms with Crippen molar-refractivity contribution in [2.24, 2.45) is 0 Å². The van der Waals surface area contributed by atoms with Crippen molar-refractivity contribution in [3.8, 4) is 0 Å². The first-order valence-electron chi connectivity index (χ1n) is 4.10. The van der Waals surface area contributed by atoms with Crippen LogP contribution in [0, 0.1) is 0 Å². The second-order valence-corrected chi connectivity index (χ2v) is 3.37. The molecule has 1 aromatic carbocycles. The van der Waals surface area contributed by atoms with Gasteiger partial charge in [-0.1, -0.05) is 11.6 Å². The first-order chi connectivity index (χ1) is 6.84. The van der Waals surface area contributed by atoms with E-state index in [1.165, 1.54) is 0 Å². The molecule has 68 valence electrons. The van der Waals surface area contributed by atoms with Gasteiger partial charge in [0.15, 0.2) is 5.65 Å². The van der Waals surface area contributed by atoms with Gasteiger partial charge in [0.2, 0.25) is 0 Å². The first kappa shape index (κ1) is 7.70. The van der Waals surface area contributed by atoms with Crippen molar-refractivity contribution in [2.45, 2.75) is 0 Å². The van der Waals surface area contributed by atoms with Crippen molar-refractivity contribution in [1.82, 2.24) is 19.8 Å². The van der Waals surface area contributed by atoms with Gasteiger partial charge in [0.1, 0.15) is 5.52 Å². The maximum atomic E-state index is 5.85. The second kappa shape index (κ2) is 2.65. The van der Waals surface area contributed by atoms with E-state index in [9.17, 15) is 0 Å². The van der Waals surface area contributed by atoms with E-state index in [-0.39, 0.29) is 0 Å². The summed E-state index contributed by atoms with van der Waals surface area (Å²) in [4.78, 5) is 0. The number of aromatic nitrogens is 4. The van der Waals surface area contributed by atoms with Crippen molar-refractivity contribution in [2.75, 3.05) is 0 Å². The topological polar surface area (TPSA) is 43.1 Å². The molecule has 0 amide bonds. The standard InChI is InChI=1S/C9H5ClN4/c10-6-1-2-8-7(5-6)12-13-9-3-4-11-14(8)9/h1-5H. The molecule has 0 spiro atoms. The molecule has 4 nitrogen and oxygen atoms in total. The number of hydrogen-bond donors (Lipinski definition) is 0. The highest BCUT2D eigenvalue weighted by molar-refractivity contribution is 6.31. The summed E-state index contributed by atoms with van der Waals surface area (Å²) in [7, 11) is 0. The van der Waals surface area contributed by atoms with E-state index >= 15 is 0 Å². The van der Waals surface area contributed by atoms with Crippen LogP contribution in [0.3, 0.4) is 0 Å². The summed E-state index contributed by atoms with van der Waals surface area (Å²) in [5.41, 5.74) is 2.39. The smallest absolute Gasteiger partial charge is 0.177 e. The second-order valence-electron chi connectivity index (χ2n) is 2.93. The molecule has 0 aliphatic heterocycles. The monoisotopic (exact) mass is 204 g/mol. The molecule has 2 aromatic heterocycles. The number of nitrogens with zero attached hydrogens (tertiary/aromatic N) is 4. The van der Waals surface area contributed by atoms with Gasteiger partial charge >= 0.3 is 0 Å². The number of rotatable bonds is 0. The third-order valence-corrected chi connectivity index (χ3v) is 2.28. The average Bonchev–Trinajstić information content (AvgIpc) is 2.65. The van der Waals surface area contributed by atoms with Gasteiger partial charge in [-0.25, -0.2) is 4.52 Å². The Labute approximate surface area is 84.1 Å². The van der Waals surface area contributed by atoms with E-state index in [4.69, 9.17) is 11.6 Å². The van der Waals surface area contributed by atoms with E-state index in [1.54, 1.807) is 22.8 Å². The van der Waals surface area contributed by atoms with Gasteiger partial charge in [-0.15, -0.1) is 10.2 Å². The maximum Gasteiger partial charge on any atom is 0.177 e. The third-order valence-electron chi connectivity index (χ3n) is 2.05. The molecule has 0 atom stereocenters. The minimum Gasteiger partial charge on any atom is -0.211 e. The molecule has 3 aromatic rings. The zero-order valence-electron chi connectivity index (χ0n) is 7.05. The molecule has 14 heavy (non-hydrogen) atoms. The summed E-state index contributed by atoms with van der Waals surface area (Å²) in [5.74, 6) is 0. The lowest BCUT2D eigenvalue weighted by Gasteiger charge is -1.98. The molecule has 5 heteroatoms. The average molecular weight is 205 g/mol. The molecular formula is C9H5ClN4. The fourth-order valence-electron chi connectivity index (χ4n) is 1.42. The Balaban J connectivity index is 2.57. The van der Waals surface area contributed by atoms with Crippen LogP contribution >= 0.6 is 11.6 Å². The van der Waals surface area contributed by atoms with Crippen molar-refractivity contribution in [1.29, 1.82) is 0 Å². The van der Waals surface area contributed by atoms with Crippen molar-refractivity contribution in [3.05, 3.63) is 35.5 Å². The van der Waals surface area contributed by atoms with Gasteiger partial charge < -0.3 is 0 Å². The van der Waals surface area contributed by atoms with Crippen molar-refractivity contribution in [3.63, 3.8) is 0 Å². The summed E-state index contributed by atoms with van der Waals surface area (Å²) in [6.45, 7) is 0.